The highest BCUT2D eigenvalue weighted by atomic mass is 16.3. The molecule has 1 aromatic rings. The summed E-state index contributed by atoms with van der Waals surface area (Å²) in [5, 5.41) is 10.00. The van der Waals surface area contributed by atoms with Crippen molar-refractivity contribution in [1.82, 2.24) is 4.90 Å². The molecule has 3 heteroatoms. The van der Waals surface area contributed by atoms with Crippen LogP contribution in [0.3, 0.4) is 0 Å². The summed E-state index contributed by atoms with van der Waals surface area (Å²) in [7, 11) is 0. The smallest absolute Gasteiger partial charge is 0.230 e. The Balaban J connectivity index is 1.77. The first-order valence-electron chi connectivity index (χ1n) is 8.25. The van der Waals surface area contributed by atoms with E-state index in [0.29, 0.717) is 6.54 Å². The number of piperidine rings is 1. The molecule has 0 saturated carbocycles. The van der Waals surface area contributed by atoms with Crippen LogP contribution in [0.5, 0.6) is 0 Å². The fourth-order valence-electron chi connectivity index (χ4n) is 3.85. The van der Waals surface area contributed by atoms with Crippen molar-refractivity contribution in [2.24, 2.45) is 5.92 Å². The Morgan fingerprint density at radius 2 is 2.14 bits per heavy atom. The number of hydrogen-bond donors (Lipinski definition) is 1. The number of benzene rings is 1. The van der Waals surface area contributed by atoms with Crippen LogP contribution >= 0.6 is 0 Å². The number of aryl methyl sites for hydroxylation is 1. The number of aliphatic hydroxyl groups excluding tert-OH is 1. The van der Waals surface area contributed by atoms with Gasteiger partial charge in [-0.2, -0.15) is 0 Å². The van der Waals surface area contributed by atoms with E-state index in [1.165, 1.54) is 11.1 Å². The van der Waals surface area contributed by atoms with Crippen molar-refractivity contribution in [3.63, 3.8) is 0 Å². The predicted molar refractivity (Wildman–Crippen MR) is 83.1 cm³/mol. The molecule has 2 aliphatic rings. The van der Waals surface area contributed by atoms with Crippen molar-refractivity contribution in [2.75, 3.05) is 13.1 Å². The third-order valence-corrected chi connectivity index (χ3v) is 5.20. The SMILES string of the molecule is CCC1CN(C(=O)C2CCCc3ccccc32)CCC1O. The number of aliphatic hydroxyl groups is 1. The molecular formula is C18H25NO2. The van der Waals surface area contributed by atoms with Crippen molar-refractivity contribution in [2.45, 2.75) is 51.0 Å². The molecule has 114 valence electrons. The van der Waals surface area contributed by atoms with Crippen LogP contribution in [0, 0.1) is 5.92 Å². The molecule has 0 spiro atoms. The van der Waals surface area contributed by atoms with Gasteiger partial charge in [-0.05, 0) is 43.2 Å². The van der Waals surface area contributed by atoms with E-state index in [4.69, 9.17) is 0 Å². The van der Waals surface area contributed by atoms with E-state index in [0.717, 1.165) is 38.6 Å². The average Bonchev–Trinajstić information content (AvgIpc) is 2.54. The zero-order valence-corrected chi connectivity index (χ0v) is 12.8. The van der Waals surface area contributed by atoms with Gasteiger partial charge in [-0.15, -0.1) is 0 Å². The Morgan fingerprint density at radius 1 is 1.33 bits per heavy atom. The van der Waals surface area contributed by atoms with Crippen LogP contribution in [0.15, 0.2) is 24.3 Å². The van der Waals surface area contributed by atoms with E-state index < -0.39 is 0 Å². The van der Waals surface area contributed by atoms with Crippen LogP contribution in [-0.2, 0) is 11.2 Å². The molecule has 1 amide bonds. The number of carbonyl (C=O) groups excluding carboxylic acids is 1. The highest BCUT2D eigenvalue weighted by Gasteiger charge is 2.34. The molecule has 1 saturated heterocycles. The second-order valence-electron chi connectivity index (χ2n) is 6.45. The topological polar surface area (TPSA) is 40.5 Å². The number of fused-ring (bicyclic) bond motifs is 1. The molecule has 0 bridgehead atoms. The van der Waals surface area contributed by atoms with Gasteiger partial charge >= 0.3 is 0 Å². The number of amides is 1. The molecule has 0 aromatic heterocycles. The second kappa shape index (κ2) is 6.18. The number of nitrogens with zero attached hydrogens (tertiary/aromatic N) is 1. The number of rotatable bonds is 2. The van der Waals surface area contributed by atoms with E-state index >= 15 is 0 Å². The summed E-state index contributed by atoms with van der Waals surface area (Å²) in [6, 6.07) is 8.38. The highest BCUT2D eigenvalue weighted by molar-refractivity contribution is 5.84. The molecule has 1 aromatic carbocycles. The molecule has 3 nitrogen and oxygen atoms in total. The van der Waals surface area contributed by atoms with Gasteiger partial charge in [0.2, 0.25) is 5.91 Å². The standard InChI is InChI=1S/C18H25NO2/c1-2-13-12-19(11-10-17(13)20)18(21)16-9-5-7-14-6-3-4-8-15(14)16/h3-4,6,8,13,16-17,20H,2,5,7,9-12H2,1H3. The van der Waals surface area contributed by atoms with E-state index in [-0.39, 0.29) is 23.8 Å². The summed E-state index contributed by atoms with van der Waals surface area (Å²) in [5.74, 6) is 0.539. The number of hydrogen-bond acceptors (Lipinski definition) is 2. The fraction of sp³-hybridized carbons (Fsp3) is 0.611. The first kappa shape index (κ1) is 14.6. The minimum Gasteiger partial charge on any atom is -0.393 e. The van der Waals surface area contributed by atoms with Crippen molar-refractivity contribution in [1.29, 1.82) is 0 Å². The van der Waals surface area contributed by atoms with Gasteiger partial charge in [-0.25, -0.2) is 0 Å². The molecular weight excluding hydrogens is 262 g/mol. The van der Waals surface area contributed by atoms with Crippen molar-refractivity contribution >= 4 is 5.91 Å². The highest BCUT2D eigenvalue weighted by Crippen LogP contribution is 2.34. The van der Waals surface area contributed by atoms with Crippen LogP contribution in [0.25, 0.3) is 0 Å². The van der Waals surface area contributed by atoms with Gasteiger partial charge in [-0.1, -0.05) is 31.2 Å². The summed E-state index contributed by atoms with van der Waals surface area (Å²) in [4.78, 5) is 14.9. The maximum Gasteiger partial charge on any atom is 0.230 e. The summed E-state index contributed by atoms with van der Waals surface area (Å²) in [6.45, 7) is 3.52. The zero-order chi connectivity index (χ0) is 14.8. The van der Waals surface area contributed by atoms with Crippen LogP contribution in [0.2, 0.25) is 0 Å². The molecule has 0 radical (unpaired) electrons. The van der Waals surface area contributed by atoms with Crippen molar-refractivity contribution in [3.8, 4) is 0 Å². The van der Waals surface area contributed by atoms with Crippen LogP contribution in [0.1, 0.15) is 49.7 Å². The number of likely N-dealkylation sites (tertiary alicyclic amines) is 1. The minimum absolute atomic E-state index is 0.0303. The molecule has 1 heterocycles. The van der Waals surface area contributed by atoms with Crippen LogP contribution < -0.4 is 0 Å². The molecule has 1 aliphatic heterocycles. The monoisotopic (exact) mass is 287 g/mol. The molecule has 1 fully saturated rings. The molecule has 3 unspecified atom stereocenters. The van der Waals surface area contributed by atoms with Gasteiger partial charge in [-0.3, -0.25) is 4.79 Å². The van der Waals surface area contributed by atoms with Gasteiger partial charge in [0.25, 0.3) is 0 Å². The lowest BCUT2D eigenvalue weighted by atomic mass is 9.81. The van der Waals surface area contributed by atoms with E-state index in [1.54, 1.807) is 0 Å². The fourth-order valence-corrected chi connectivity index (χ4v) is 3.85. The predicted octanol–water partition coefficient (Wildman–Crippen LogP) is 2.73. The third kappa shape index (κ3) is 2.84. The molecule has 3 rings (SSSR count). The van der Waals surface area contributed by atoms with Crippen LogP contribution in [-0.4, -0.2) is 35.1 Å². The van der Waals surface area contributed by atoms with Crippen LogP contribution in [0.4, 0.5) is 0 Å². The average molecular weight is 287 g/mol. The Bertz CT molecular complexity index is 514. The molecule has 21 heavy (non-hydrogen) atoms. The van der Waals surface area contributed by atoms with Crippen molar-refractivity contribution < 1.29 is 9.90 Å². The molecule has 1 N–H and O–H groups in total. The normalized spacial score (nSPS) is 29.0. The molecule has 1 aliphatic carbocycles. The Labute approximate surface area is 127 Å². The Morgan fingerprint density at radius 3 is 2.95 bits per heavy atom. The first-order chi connectivity index (χ1) is 10.2. The maximum absolute atomic E-state index is 12.9. The van der Waals surface area contributed by atoms with Gasteiger partial charge < -0.3 is 10.0 Å². The third-order valence-electron chi connectivity index (χ3n) is 5.20. The van der Waals surface area contributed by atoms with Gasteiger partial charge in [0.15, 0.2) is 0 Å². The zero-order valence-electron chi connectivity index (χ0n) is 12.8. The summed E-state index contributed by atoms with van der Waals surface area (Å²) in [6.07, 6.45) is 4.58. The maximum atomic E-state index is 12.9. The van der Waals surface area contributed by atoms with Gasteiger partial charge in [0.05, 0.1) is 12.0 Å². The lowest BCUT2D eigenvalue weighted by molar-refractivity contribution is -0.137. The molecule has 3 atom stereocenters. The Kier molecular flexibility index (Phi) is 4.29. The quantitative estimate of drug-likeness (QED) is 0.908. The lowest BCUT2D eigenvalue weighted by Crippen LogP contribution is -2.47. The lowest BCUT2D eigenvalue weighted by Gasteiger charge is -2.38. The summed E-state index contributed by atoms with van der Waals surface area (Å²) >= 11 is 0. The van der Waals surface area contributed by atoms with E-state index in [1.807, 2.05) is 11.0 Å². The largest absolute Gasteiger partial charge is 0.393 e. The second-order valence-corrected chi connectivity index (χ2v) is 6.45. The summed E-state index contributed by atoms with van der Waals surface area (Å²) in [5.41, 5.74) is 2.57. The van der Waals surface area contributed by atoms with Gasteiger partial charge in [0, 0.05) is 19.0 Å². The minimum atomic E-state index is -0.238. The first-order valence-corrected chi connectivity index (χ1v) is 8.25. The van der Waals surface area contributed by atoms with E-state index in [9.17, 15) is 9.90 Å². The van der Waals surface area contributed by atoms with Gasteiger partial charge in [0.1, 0.15) is 0 Å². The van der Waals surface area contributed by atoms with E-state index in [2.05, 4.69) is 25.1 Å². The summed E-state index contributed by atoms with van der Waals surface area (Å²) < 4.78 is 0. The number of carbonyl (C=O) groups is 1. The van der Waals surface area contributed by atoms with Crippen molar-refractivity contribution in [3.05, 3.63) is 35.4 Å². The Hall–Kier alpha value is -1.35.